The standard InChI is InChI=1S/C10H14Cl2N2O4S2/c1-13(2)19(15,16)7-5-8(11)10(12)9(6-7)20(17,18)14(3)4/h5-6H,1-4H3. The summed E-state index contributed by atoms with van der Waals surface area (Å²) < 4.78 is 50.3. The summed E-state index contributed by atoms with van der Waals surface area (Å²) in [5.41, 5.74) is 0. The third kappa shape index (κ3) is 3.10. The van der Waals surface area contributed by atoms with Gasteiger partial charge in [0, 0.05) is 28.2 Å². The minimum atomic E-state index is -3.90. The fourth-order valence-electron chi connectivity index (χ4n) is 1.28. The highest BCUT2D eigenvalue weighted by Crippen LogP contribution is 2.34. The van der Waals surface area contributed by atoms with E-state index in [1.165, 1.54) is 28.2 Å². The number of halogens is 2. The van der Waals surface area contributed by atoms with Crippen molar-refractivity contribution in [1.82, 2.24) is 8.61 Å². The Kier molecular flexibility index (Phi) is 5.11. The largest absolute Gasteiger partial charge is 0.244 e. The van der Waals surface area contributed by atoms with Crippen LogP contribution in [0.1, 0.15) is 0 Å². The zero-order chi connectivity index (χ0) is 15.9. The van der Waals surface area contributed by atoms with Crippen LogP contribution in [0.4, 0.5) is 0 Å². The van der Waals surface area contributed by atoms with Crippen molar-refractivity contribution in [2.24, 2.45) is 0 Å². The van der Waals surface area contributed by atoms with Crippen molar-refractivity contribution in [3.05, 3.63) is 22.2 Å². The van der Waals surface area contributed by atoms with E-state index in [-0.39, 0.29) is 19.8 Å². The summed E-state index contributed by atoms with van der Waals surface area (Å²) in [5, 5.41) is -0.354. The van der Waals surface area contributed by atoms with Crippen LogP contribution < -0.4 is 0 Å². The van der Waals surface area contributed by atoms with Crippen LogP contribution in [0.15, 0.2) is 21.9 Å². The molecule has 0 bridgehead atoms. The van der Waals surface area contributed by atoms with Crippen molar-refractivity contribution in [3.8, 4) is 0 Å². The molecule has 0 N–H and O–H groups in total. The highest BCUT2D eigenvalue weighted by molar-refractivity contribution is 7.90. The van der Waals surface area contributed by atoms with Gasteiger partial charge in [0.2, 0.25) is 20.0 Å². The lowest BCUT2D eigenvalue weighted by molar-refractivity contribution is 0.517. The molecule has 114 valence electrons. The highest BCUT2D eigenvalue weighted by atomic mass is 35.5. The summed E-state index contributed by atoms with van der Waals surface area (Å²) in [4.78, 5) is -0.589. The Balaban J connectivity index is 3.71. The summed E-state index contributed by atoms with van der Waals surface area (Å²) >= 11 is 11.7. The predicted octanol–water partition coefficient (Wildman–Crippen LogP) is 1.49. The Morgan fingerprint density at radius 3 is 1.70 bits per heavy atom. The summed E-state index contributed by atoms with van der Waals surface area (Å²) in [6, 6.07) is 2.12. The van der Waals surface area contributed by atoms with Gasteiger partial charge in [-0.15, -0.1) is 0 Å². The monoisotopic (exact) mass is 360 g/mol. The Morgan fingerprint density at radius 2 is 1.30 bits per heavy atom. The van der Waals surface area contributed by atoms with Crippen LogP contribution in [-0.4, -0.2) is 53.6 Å². The molecule has 0 atom stereocenters. The molecule has 0 radical (unpaired) electrons. The van der Waals surface area contributed by atoms with E-state index in [0.717, 1.165) is 20.7 Å². The van der Waals surface area contributed by atoms with Crippen LogP contribution in [0.3, 0.4) is 0 Å². The zero-order valence-electron chi connectivity index (χ0n) is 11.3. The molecule has 1 aromatic rings. The fraction of sp³-hybridized carbons (Fsp3) is 0.400. The van der Waals surface area contributed by atoms with Gasteiger partial charge in [0.25, 0.3) is 0 Å². The molecular formula is C10H14Cl2N2O4S2. The molecule has 0 spiro atoms. The van der Waals surface area contributed by atoms with E-state index in [1.54, 1.807) is 0 Å². The third-order valence-corrected chi connectivity index (χ3v) is 7.05. The maximum absolute atomic E-state index is 12.1. The van der Waals surface area contributed by atoms with Gasteiger partial charge < -0.3 is 0 Å². The van der Waals surface area contributed by atoms with Gasteiger partial charge in [0.15, 0.2) is 0 Å². The van der Waals surface area contributed by atoms with Gasteiger partial charge in [0.05, 0.1) is 14.9 Å². The Hall–Kier alpha value is -0.380. The molecule has 20 heavy (non-hydrogen) atoms. The van der Waals surface area contributed by atoms with Crippen molar-refractivity contribution in [2.75, 3.05) is 28.2 Å². The van der Waals surface area contributed by atoms with Crippen molar-refractivity contribution in [3.63, 3.8) is 0 Å². The molecule has 0 fully saturated rings. The number of hydrogen-bond acceptors (Lipinski definition) is 4. The molecule has 0 saturated heterocycles. The smallest absolute Gasteiger partial charge is 0.207 e. The minimum Gasteiger partial charge on any atom is -0.207 e. The van der Waals surface area contributed by atoms with Gasteiger partial charge in [-0.2, -0.15) is 0 Å². The summed E-state index contributed by atoms with van der Waals surface area (Å²) in [5.74, 6) is 0. The molecule has 1 aromatic carbocycles. The number of hydrogen-bond donors (Lipinski definition) is 0. The van der Waals surface area contributed by atoms with Crippen LogP contribution >= 0.6 is 23.2 Å². The van der Waals surface area contributed by atoms with Gasteiger partial charge in [-0.05, 0) is 12.1 Å². The lowest BCUT2D eigenvalue weighted by atomic mass is 10.3. The van der Waals surface area contributed by atoms with E-state index in [2.05, 4.69) is 0 Å². The first-order valence-electron chi connectivity index (χ1n) is 5.26. The van der Waals surface area contributed by atoms with Gasteiger partial charge in [-0.1, -0.05) is 23.2 Å². The zero-order valence-corrected chi connectivity index (χ0v) is 14.4. The van der Waals surface area contributed by atoms with Crippen LogP contribution in [0.25, 0.3) is 0 Å². The fourth-order valence-corrected chi connectivity index (χ4v) is 4.06. The average molecular weight is 361 g/mol. The van der Waals surface area contributed by atoms with Crippen LogP contribution in [0.2, 0.25) is 10.0 Å². The number of sulfonamides is 2. The molecule has 10 heteroatoms. The Labute approximate surface area is 129 Å². The molecule has 0 aliphatic rings. The molecule has 0 aliphatic carbocycles. The average Bonchev–Trinajstić information content (AvgIpc) is 2.31. The number of rotatable bonds is 4. The van der Waals surface area contributed by atoms with E-state index in [1.807, 2.05) is 0 Å². The molecule has 0 aromatic heterocycles. The van der Waals surface area contributed by atoms with Gasteiger partial charge in [-0.3, -0.25) is 0 Å². The van der Waals surface area contributed by atoms with Crippen LogP contribution in [-0.2, 0) is 20.0 Å². The summed E-state index contributed by atoms with van der Waals surface area (Å²) in [7, 11) is -2.43. The van der Waals surface area contributed by atoms with Gasteiger partial charge >= 0.3 is 0 Å². The molecule has 0 unspecified atom stereocenters. The van der Waals surface area contributed by atoms with E-state index in [9.17, 15) is 16.8 Å². The van der Waals surface area contributed by atoms with E-state index >= 15 is 0 Å². The third-order valence-electron chi connectivity index (χ3n) is 2.51. The topological polar surface area (TPSA) is 74.8 Å². The van der Waals surface area contributed by atoms with Crippen molar-refractivity contribution in [1.29, 1.82) is 0 Å². The quantitative estimate of drug-likeness (QED) is 0.815. The number of benzene rings is 1. The molecule has 0 heterocycles. The normalized spacial score (nSPS) is 13.2. The maximum Gasteiger partial charge on any atom is 0.244 e. The van der Waals surface area contributed by atoms with E-state index < -0.39 is 20.0 Å². The minimum absolute atomic E-state index is 0.144. The summed E-state index contributed by atoms with van der Waals surface area (Å²) in [6.07, 6.45) is 0. The van der Waals surface area contributed by atoms with Gasteiger partial charge in [-0.25, -0.2) is 25.4 Å². The van der Waals surface area contributed by atoms with Crippen molar-refractivity contribution < 1.29 is 16.8 Å². The highest BCUT2D eigenvalue weighted by Gasteiger charge is 2.27. The second kappa shape index (κ2) is 5.78. The molecule has 6 nitrogen and oxygen atoms in total. The molecule has 0 saturated carbocycles. The molecular weight excluding hydrogens is 347 g/mol. The predicted molar refractivity (Wildman–Crippen MR) is 78.2 cm³/mol. The Morgan fingerprint density at radius 1 is 0.850 bits per heavy atom. The SMILES string of the molecule is CN(C)S(=O)(=O)c1cc(Cl)c(Cl)c(S(=O)(=O)N(C)C)c1. The van der Waals surface area contributed by atoms with Crippen molar-refractivity contribution in [2.45, 2.75) is 9.79 Å². The number of nitrogens with zero attached hydrogens (tertiary/aromatic N) is 2. The summed E-state index contributed by atoms with van der Waals surface area (Å²) in [6.45, 7) is 0. The van der Waals surface area contributed by atoms with Crippen molar-refractivity contribution >= 4 is 43.2 Å². The second-order valence-corrected chi connectivity index (χ2v) is 9.35. The first-order chi connectivity index (χ1) is 8.92. The molecule has 0 aliphatic heterocycles. The van der Waals surface area contributed by atoms with E-state index in [0.29, 0.717) is 0 Å². The van der Waals surface area contributed by atoms with E-state index in [4.69, 9.17) is 23.2 Å². The lowest BCUT2D eigenvalue weighted by Crippen LogP contribution is -2.25. The first kappa shape index (κ1) is 17.7. The lowest BCUT2D eigenvalue weighted by Gasteiger charge is -2.16. The maximum atomic E-state index is 12.1. The van der Waals surface area contributed by atoms with Crippen LogP contribution in [0.5, 0.6) is 0 Å². The Bertz CT molecular complexity index is 728. The van der Waals surface area contributed by atoms with Crippen LogP contribution in [0, 0.1) is 0 Å². The van der Waals surface area contributed by atoms with Gasteiger partial charge in [0.1, 0.15) is 4.90 Å². The molecule has 0 amide bonds. The molecule has 1 rings (SSSR count). The second-order valence-electron chi connectivity index (χ2n) is 4.29. The first-order valence-corrected chi connectivity index (χ1v) is 8.90.